The highest BCUT2D eigenvalue weighted by atomic mass is 19.4. The van der Waals surface area contributed by atoms with Crippen LogP contribution in [-0.4, -0.2) is 73.0 Å². The van der Waals surface area contributed by atoms with Crippen molar-refractivity contribution >= 4 is 29.1 Å². The number of hydrogen-bond acceptors (Lipinski definition) is 9. The Morgan fingerprint density at radius 1 is 0.980 bits per heavy atom. The lowest BCUT2D eigenvalue weighted by Crippen LogP contribution is -2.21. The molecule has 0 unspecified atom stereocenters. The summed E-state index contributed by atoms with van der Waals surface area (Å²) in [7, 11) is 0. The molecule has 4 rings (SSSR count). The summed E-state index contributed by atoms with van der Waals surface area (Å²) in [5.41, 5.74) is 7.75. The normalized spacial score (nSPS) is 11.0. The largest absolute Gasteiger partial charge is 0.494 e. The van der Waals surface area contributed by atoms with Gasteiger partial charge in [-0.05, 0) is 51.1 Å². The monoisotopic (exact) mass is 717 g/mol. The van der Waals surface area contributed by atoms with Gasteiger partial charge in [0, 0.05) is 35.8 Å². The molecule has 0 amide bonds. The summed E-state index contributed by atoms with van der Waals surface area (Å²) in [5.74, 6) is -4.45. The van der Waals surface area contributed by atoms with Crippen LogP contribution in [0.4, 0.5) is 42.1 Å². The maximum Gasteiger partial charge on any atom is 0.490 e. The molecule has 20 heteroatoms. The van der Waals surface area contributed by atoms with E-state index in [2.05, 4.69) is 19.9 Å². The lowest BCUT2D eigenvalue weighted by molar-refractivity contribution is -0.193. The Kier molecular flexibility index (Phi) is 14.0. The second-order valence-electron chi connectivity index (χ2n) is 9.82. The first kappa shape index (κ1) is 40.2. The number of H-pyrrole nitrogens is 1. The van der Waals surface area contributed by atoms with E-state index in [-0.39, 0.29) is 29.9 Å². The summed E-state index contributed by atoms with van der Waals surface area (Å²) < 4.78 is 90.8. The number of benzene rings is 2. The van der Waals surface area contributed by atoms with E-state index in [0.29, 0.717) is 40.9 Å². The van der Waals surface area contributed by atoms with Gasteiger partial charge in [0.25, 0.3) is 0 Å². The molecule has 0 aliphatic heterocycles. The molecule has 0 aliphatic carbocycles. The van der Waals surface area contributed by atoms with Crippen molar-refractivity contribution in [2.45, 2.75) is 45.8 Å². The lowest BCUT2D eigenvalue weighted by atomic mass is 10.1. The number of imidazole rings is 1. The first-order valence-electron chi connectivity index (χ1n) is 14.0. The molecule has 13 nitrogen and oxygen atoms in total. The number of nitrogens with two attached hydrogens (primary N) is 1. The quantitative estimate of drug-likeness (QED) is 0.0723. The summed E-state index contributed by atoms with van der Waals surface area (Å²) in [4.78, 5) is 35.7. The van der Waals surface area contributed by atoms with E-state index in [4.69, 9.17) is 40.4 Å². The fourth-order valence-electron chi connectivity index (χ4n) is 3.63. The molecule has 270 valence electrons. The van der Waals surface area contributed by atoms with Crippen molar-refractivity contribution in [1.82, 2.24) is 19.9 Å². The number of rotatable bonds is 10. The molecule has 0 fully saturated rings. The Morgan fingerprint density at radius 2 is 1.52 bits per heavy atom. The number of aromatic amines is 1. The van der Waals surface area contributed by atoms with Crippen LogP contribution in [0.3, 0.4) is 0 Å². The predicted octanol–water partition coefficient (Wildman–Crippen LogP) is 6.08. The molecule has 0 bridgehead atoms. The second-order valence-corrected chi connectivity index (χ2v) is 9.82. The average molecular weight is 718 g/mol. The highest BCUT2D eigenvalue weighted by molar-refractivity contribution is 5.95. The summed E-state index contributed by atoms with van der Waals surface area (Å²) >= 11 is 0. The number of amidine groups is 1. The third-order valence-corrected chi connectivity index (χ3v) is 5.68. The first-order chi connectivity index (χ1) is 23.2. The van der Waals surface area contributed by atoms with Crippen LogP contribution in [0.2, 0.25) is 0 Å². The number of halogens is 7. The van der Waals surface area contributed by atoms with Crippen LogP contribution in [0.15, 0.2) is 61.1 Å². The maximum atomic E-state index is 15.8. The summed E-state index contributed by atoms with van der Waals surface area (Å²) in [5, 5.41) is 21.9. The van der Waals surface area contributed by atoms with Crippen LogP contribution in [0.25, 0.3) is 11.5 Å². The number of hydrogen-bond donors (Lipinski definition) is 5. The van der Waals surface area contributed by atoms with E-state index < -0.39 is 30.1 Å². The number of carboxylic acid groups (broad SMARTS) is 2. The summed E-state index contributed by atoms with van der Waals surface area (Å²) in [6.45, 7) is 6.14. The zero-order valence-corrected chi connectivity index (χ0v) is 26.3. The number of ether oxygens (including phenoxy) is 2. The lowest BCUT2D eigenvalue weighted by Gasteiger charge is -2.26. The standard InChI is InChI=1S/C26H28FN7O2.2C2HF3O2/c1-4-35-19-12-21(24(27)22(13-19)36-16(2)3)34(18-8-6-17(7-9-18)25(28)29)15-23-32-14-20(33-23)26-30-10-5-11-31-26;2*3-2(4,5)1(6)7/h5-14,16H,4,15H2,1-3H3,(H3,28,29)(H,32,33);2*(H,6,7). The van der Waals surface area contributed by atoms with E-state index in [0.717, 1.165) is 0 Å². The number of aromatic nitrogens is 4. The molecule has 0 radical (unpaired) electrons. The molecule has 4 aromatic rings. The number of alkyl halides is 6. The molecule has 2 heterocycles. The van der Waals surface area contributed by atoms with Crippen LogP contribution in [0.5, 0.6) is 11.5 Å². The first-order valence-corrected chi connectivity index (χ1v) is 14.0. The SMILES string of the molecule is CCOc1cc(OC(C)C)c(F)c(N(Cc2ncc(-c3ncccn3)[nH]2)c2ccc(C(=N)N)cc2)c1.O=C(O)C(F)(F)F.O=C(O)C(F)(F)F. The van der Waals surface area contributed by atoms with Gasteiger partial charge in [-0.1, -0.05) is 0 Å². The molecule has 2 aromatic heterocycles. The van der Waals surface area contributed by atoms with E-state index >= 15 is 4.39 Å². The minimum atomic E-state index is -5.08. The molecule has 0 atom stereocenters. The van der Waals surface area contributed by atoms with Gasteiger partial charge in [0.15, 0.2) is 17.4 Å². The number of nitrogen functional groups attached to an aromatic ring is 1. The van der Waals surface area contributed by atoms with Gasteiger partial charge in [-0.3, -0.25) is 5.41 Å². The minimum Gasteiger partial charge on any atom is -0.494 e. The van der Waals surface area contributed by atoms with Gasteiger partial charge >= 0.3 is 24.3 Å². The predicted molar refractivity (Wildman–Crippen MR) is 164 cm³/mol. The smallest absolute Gasteiger partial charge is 0.490 e. The Labute approximate surface area is 279 Å². The van der Waals surface area contributed by atoms with Gasteiger partial charge < -0.3 is 35.3 Å². The second kappa shape index (κ2) is 17.4. The molecule has 0 spiro atoms. The van der Waals surface area contributed by atoms with Crippen LogP contribution in [-0.2, 0) is 16.1 Å². The van der Waals surface area contributed by atoms with Crippen LogP contribution in [0, 0.1) is 11.2 Å². The fourth-order valence-corrected chi connectivity index (χ4v) is 3.63. The molecule has 2 aromatic carbocycles. The van der Waals surface area contributed by atoms with Gasteiger partial charge in [0.05, 0.1) is 31.1 Å². The van der Waals surface area contributed by atoms with Gasteiger partial charge in [-0.15, -0.1) is 0 Å². The van der Waals surface area contributed by atoms with Crippen molar-refractivity contribution in [2.75, 3.05) is 11.5 Å². The number of carboxylic acids is 2. The molecule has 0 saturated carbocycles. The Bertz CT molecular complexity index is 1710. The molecular weight excluding hydrogens is 687 g/mol. The minimum absolute atomic E-state index is 0.0521. The Morgan fingerprint density at radius 3 is 1.98 bits per heavy atom. The molecule has 6 N–H and O–H groups in total. The van der Waals surface area contributed by atoms with Crippen molar-refractivity contribution < 1.29 is 60.0 Å². The number of nitrogens with one attached hydrogen (secondary N) is 2. The Balaban J connectivity index is 0.000000521. The molecule has 50 heavy (non-hydrogen) atoms. The molecule has 0 saturated heterocycles. The van der Waals surface area contributed by atoms with Gasteiger partial charge in [-0.2, -0.15) is 26.3 Å². The average Bonchev–Trinajstić information content (AvgIpc) is 3.50. The zero-order valence-electron chi connectivity index (χ0n) is 26.3. The van der Waals surface area contributed by atoms with Crippen molar-refractivity contribution in [1.29, 1.82) is 5.41 Å². The van der Waals surface area contributed by atoms with Crippen molar-refractivity contribution in [3.05, 3.63) is 78.3 Å². The van der Waals surface area contributed by atoms with E-state index in [1.807, 2.05) is 20.8 Å². The highest BCUT2D eigenvalue weighted by Crippen LogP contribution is 2.38. The van der Waals surface area contributed by atoms with Gasteiger partial charge in [-0.25, -0.2) is 28.9 Å². The third-order valence-electron chi connectivity index (χ3n) is 5.68. The van der Waals surface area contributed by atoms with Crippen molar-refractivity contribution in [3.8, 4) is 23.0 Å². The Hall–Kier alpha value is -5.95. The number of aliphatic carboxylic acids is 2. The van der Waals surface area contributed by atoms with Crippen LogP contribution in [0.1, 0.15) is 32.2 Å². The van der Waals surface area contributed by atoms with Gasteiger partial charge in [0.2, 0.25) is 0 Å². The van der Waals surface area contributed by atoms with Crippen LogP contribution < -0.4 is 20.1 Å². The number of anilines is 2. The third kappa shape index (κ3) is 12.3. The van der Waals surface area contributed by atoms with Gasteiger partial charge in [0.1, 0.15) is 23.1 Å². The van der Waals surface area contributed by atoms with E-state index in [1.165, 1.54) is 0 Å². The topological polar surface area (TPSA) is 201 Å². The van der Waals surface area contributed by atoms with Crippen molar-refractivity contribution in [3.63, 3.8) is 0 Å². The number of carbonyl (C=O) groups is 2. The zero-order chi connectivity index (χ0) is 37.8. The van der Waals surface area contributed by atoms with E-state index in [9.17, 15) is 26.3 Å². The summed E-state index contributed by atoms with van der Waals surface area (Å²) in [6.07, 6.45) is -5.46. The molecular formula is C30H30F7N7O6. The molecule has 0 aliphatic rings. The number of nitrogens with zero attached hydrogens (tertiary/aromatic N) is 4. The van der Waals surface area contributed by atoms with E-state index in [1.54, 1.807) is 66.0 Å². The maximum absolute atomic E-state index is 15.8. The van der Waals surface area contributed by atoms with Crippen molar-refractivity contribution in [2.24, 2.45) is 5.73 Å². The summed E-state index contributed by atoms with van der Waals surface area (Å²) in [6, 6.07) is 11.9. The fraction of sp³-hybridized carbons (Fsp3) is 0.267. The highest BCUT2D eigenvalue weighted by Gasteiger charge is 2.39. The van der Waals surface area contributed by atoms with Crippen LogP contribution >= 0.6 is 0 Å².